The smallest absolute Gasteiger partial charge is 0.236 e. The third kappa shape index (κ3) is 5.90. The van der Waals surface area contributed by atoms with Gasteiger partial charge in [-0.3, -0.25) is 9.69 Å². The summed E-state index contributed by atoms with van der Waals surface area (Å²) in [6, 6.07) is 0. The second-order valence-corrected chi connectivity index (χ2v) is 3.37. The van der Waals surface area contributed by atoms with Gasteiger partial charge in [-0.25, -0.2) is 0 Å². The maximum atomic E-state index is 11.3. The molecule has 0 unspecified atom stereocenters. The van der Waals surface area contributed by atoms with Crippen molar-refractivity contribution in [2.75, 3.05) is 46.9 Å². The van der Waals surface area contributed by atoms with Crippen molar-refractivity contribution in [3.8, 4) is 0 Å². The van der Waals surface area contributed by atoms with Crippen LogP contribution in [0.4, 0.5) is 0 Å². The van der Waals surface area contributed by atoms with E-state index >= 15 is 0 Å². The van der Waals surface area contributed by atoms with Gasteiger partial charge in [0.2, 0.25) is 5.91 Å². The summed E-state index contributed by atoms with van der Waals surface area (Å²) in [5.41, 5.74) is 0. The summed E-state index contributed by atoms with van der Waals surface area (Å²) in [6.45, 7) is 1.55. The molecule has 5 heteroatoms. The first-order chi connectivity index (χ1) is 6.61. The molecule has 0 spiro atoms. The van der Waals surface area contributed by atoms with Crippen LogP contribution in [-0.2, 0) is 4.79 Å². The number of likely N-dealkylation sites (N-methyl/N-ethyl adjacent to an activating group) is 1. The van der Waals surface area contributed by atoms with E-state index in [2.05, 4.69) is 0 Å². The van der Waals surface area contributed by atoms with Crippen molar-refractivity contribution in [3.63, 3.8) is 0 Å². The Morgan fingerprint density at radius 3 is 2.21 bits per heavy atom. The monoisotopic (exact) mass is 204 g/mol. The maximum Gasteiger partial charge on any atom is 0.236 e. The molecule has 0 aromatic carbocycles. The van der Waals surface area contributed by atoms with Crippen molar-refractivity contribution >= 4 is 5.91 Å². The fraction of sp³-hybridized carbons (Fsp3) is 0.889. The summed E-state index contributed by atoms with van der Waals surface area (Å²) in [5, 5.41) is 17.4. The lowest BCUT2D eigenvalue weighted by Gasteiger charge is -2.22. The highest BCUT2D eigenvalue weighted by Gasteiger charge is 2.10. The molecule has 2 N–H and O–H groups in total. The van der Waals surface area contributed by atoms with Gasteiger partial charge in [-0.05, 0) is 6.42 Å². The molecular weight excluding hydrogens is 184 g/mol. The van der Waals surface area contributed by atoms with Crippen LogP contribution in [0.1, 0.15) is 6.42 Å². The molecular formula is C9H20N2O3. The molecule has 0 aliphatic heterocycles. The van der Waals surface area contributed by atoms with Crippen molar-refractivity contribution in [3.05, 3.63) is 0 Å². The molecule has 0 fully saturated rings. The van der Waals surface area contributed by atoms with Gasteiger partial charge in [0, 0.05) is 33.8 Å². The number of hydrogen-bond acceptors (Lipinski definition) is 4. The lowest BCUT2D eigenvalue weighted by molar-refractivity contribution is -0.130. The Morgan fingerprint density at radius 1 is 1.14 bits per heavy atom. The van der Waals surface area contributed by atoms with E-state index in [0.717, 1.165) is 0 Å². The fourth-order valence-corrected chi connectivity index (χ4v) is 1.04. The summed E-state index contributed by atoms with van der Waals surface area (Å²) in [4.78, 5) is 14.7. The van der Waals surface area contributed by atoms with E-state index in [1.165, 1.54) is 4.90 Å². The second kappa shape index (κ2) is 7.73. The lowest BCUT2D eigenvalue weighted by atomic mass is 10.3. The third-order valence-corrected chi connectivity index (χ3v) is 1.91. The first-order valence-electron chi connectivity index (χ1n) is 4.76. The summed E-state index contributed by atoms with van der Waals surface area (Å²) < 4.78 is 0. The average molecular weight is 204 g/mol. The van der Waals surface area contributed by atoms with Gasteiger partial charge in [-0.15, -0.1) is 0 Å². The quantitative estimate of drug-likeness (QED) is 0.544. The van der Waals surface area contributed by atoms with E-state index in [-0.39, 0.29) is 19.1 Å². The second-order valence-electron chi connectivity index (χ2n) is 3.37. The van der Waals surface area contributed by atoms with Crippen LogP contribution in [-0.4, -0.2) is 72.9 Å². The highest BCUT2D eigenvalue weighted by Crippen LogP contribution is 1.92. The van der Waals surface area contributed by atoms with E-state index < -0.39 is 0 Å². The molecule has 0 bridgehead atoms. The molecule has 84 valence electrons. The van der Waals surface area contributed by atoms with E-state index in [9.17, 15) is 4.79 Å². The van der Waals surface area contributed by atoms with Crippen molar-refractivity contribution in [2.45, 2.75) is 6.42 Å². The number of aliphatic hydroxyl groups is 2. The molecule has 0 aliphatic rings. The Kier molecular flexibility index (Phi) is 7.37. The maximum absolute atomic E-state index is 11.3. The molecule has 0 radical (unpaired) electrons. The minimum Gasteiger partial charge on any atom is -0.396 e. The number of aliphatic hydroxyl groups excluding tert-OH is 2. The zero-order valence-electron chi connectivity index (χ0n) is 8.94. The van der Waals surface area contributed by atoms with E-state index in [0.29, 0.717) is 26.1 Å². The van der Waals surface area contributed by atoms with E-state index in [1.54, 1.807) is 14.1 Å². The van der Waals surface area contributed by atoms with Crippen molar-refractivity contribution in [1.82, 2.24) is 9.80 Å². The predicted molar refractivity (Wildman–Crippen MR) is 53.9 cm³/mol. The summed E-state index contributed by atoms with van der Waals surface area (Å²) in [6.07, 6.45) is 0.626. The molecule has 0 atom stereocenters. The number of carbonyl (C=O) groups excluding carboxylic acids is 1. The topological polar surface area (TPSA) is 64.0 Å². The van der Waals surface area contributed by atoms with E-state index in [4.69, 9.17) is 10.2 Å². The largest absolute Gasteiger partial charge is 0.396 e. The van der Waals surface area contributed by atoms with Crippen LogP contribution in [0.5, 0.6) is 0 Å². The average Bonchev–Trinajstić information content (AvgIpc) is 2.14. The standard InChI is InChI=1S/C9H20N2O3/c1-10(2)9(14)8-11(5-7-13)4-3-6-12/h12-13H,3-8H2,1-2H3. The molecule has 0 aliphatic carbocycles. The van der Waals surface area contributed by atoms with Gasteiger partial charge in [-0.2, -0.15) is 0 Å². The van der Waals surface area contributed by atoms with Gasteiger partial charge in [-0.1, -0.05) is 0 Å². The summed E-state index contributed by atoms with van der Waals surface area (Å²) >= 11 is 0. The van der Waals surface area contributed by atoms with Crippen LogP contribution in [0.25, 0.3) is 0 Å². The van der Waals surface area contributed by atoms with Crippen LogP contribution in [0, 0.1) is 0 Å². The molecule has 0 aromatic rings. The zero-order chi connectivity index (χ0) is 11.0. The van der Waals surface area contributed by atoms with Gasteiger partial charge < -0.3 is 15.1 Å². The van der Waals surface area contributed by atoms with E-state index in [1.807, 2.05) is 4.90 Å². The molecule has 0 saturated heterocycles. The first-order valence-corrected chi connectivity index (χ1v) is 4.76. The third-order valence-electron chi connectivity index (χ3n) is 1.91. The molecule has 14 heavy (non-hydrogen) atoms. The zero-order valence-corrected chi connectivity index (χ0v) is 8.94. The Labute approximate surface area is 84.9 Å². The number of nitrogens with zero attached hydrogens (tertiary/aromatic N) is 2. The van der Waals surface area contributed by atoms with Crippen LogP contribution in [0.15, 0.2) is 0 Å². The number of rotatable bonds is 7. The molecule has 0 saturated carbocycles. The highest BCUT2D eigenvalue weighted by atomic mass is 16.3. The van der Waals surface area contributed by atoms with Crippen LogP contribution in [0.3, 0.4) is 0 Å². The minimum absolute atomic E-state index is 0.0105. The number of amides is 1. The van der Waals surface area contributed by atoms with Crippen LogP contribution >= 0.6 is 0 Å². The van der Waals surface area contributed by atoms with Crippen LogP contribution in [0.2, 0.25) is 0 Å². The van der Waals surface area contributed by atoms with Crippen molar-refractivity contribution in [2.24, 2.45) is 0 Å². The Hall–Kier alpha value is -0.650. The summed E-state index contributed by atoms with van der Waals surface area (Å²) in [5.74, 6) is 0.0105. The fourth-order valence-electron chi connectivity index (χ4n) is 1.04. The predicted octanol–water partition coefficient (Wildman–Crippen LogP) is -1.25. The van der Waals surface area contributed by atoms with Gasteiger partial charge in [0.25, 0.3) is 0 Å². The molecule has 1 amide bonds. The number of carbonyl (C=O) groups is 1. The molecule has 0 heterocycles. The van der Waals surface area contributed by atoms with Crippen LogP contribution < -0.4 is 0 Å². The first kappa shape index (κ1) is 13.4. The normalized spacial score (nSPS) is 10.6. The number of hydrogen-bond donors (Lipinski definition) is 2. The Balaban J connectivity index is 3.88. The van der Waals surface area contributed by atoms with Gasteiger partial charge >= 0.3 is 0 Å². The Morgan fingerprint density at radius 2 is 1.79 bits per heavy atom. The lowest BCUT2D eigenvalue weighted by Crippen LogP contribution is -2.38. The van der Waals surface area contributed by atoms with Gasteiger partial charge in [0.1, 0.15) is 0 Å². The molecule has 0 aromatic heterocycles. The molecule has 5 nitrogen and oxygen atoms in total. The van der Waals surface area contributed by atoms with Gasteiger partial charge in [0.15, 0.2) is 0 Å². The Bertz CT molecular complexity index is 162. The highest BCUT2D eigenvalue weighted by molar-refractivity contribution is 5.77. The van der Waals surface area contributed by atoms with Gasteiger partial charge in [0.05, 0.1) is 13.2 Å². The minimum atomic E-state index is 0.0105. The van der Waals surface area contributed by atoms with Crippen molar-refractivity contribution < 1.29 is 15.0 Å². The SMILES string of the molecule is CN(C)C(=O)CN(CCO)CCCO. The van der Waals surface area contributed by atoms with Crippen molar-refractivity contribution in [1.29, 1.82) is 0 Å². The molecule has 0 rings (SSSR count). The summed E-state index contributed by atoms with van der Waals surface area (Å²) in [7, 11) is 3.40.